The number of carbonyl (C=O) groups is 4. The van der Waals surface area contributed by atoms with E-state index >= 15 is 0 Å². The Kier molecular flexibility index (Phi) is 10.3. The Balaban J connectivity index is 2.96. The van der Waals surface area contributed by atoms with Gasteiger partial charge in [0.2, 0.25) is 0 Å². The smallest absolute Gasteiger partial charge is 0.375 e. The Morgan fingerprint density at radius 3 is 2.20 bits per heavy atom. The Morgan fingerprint density at radius 1 is 1.10 bits per heavy atom. The minimum absolute atomic E-state index is 0.0159. The number of carbonyl (C=O) groups excluding carboxylic acids is 3. The van der Waals surface area contributed by atoms with E-state index in [1.54, 1.807) is 22.6 Å². The summed E-state index contributed by atoms with van der Waals surface area (Å²) in [5.74, 6) is -9.89. The number of rotatable bonds is 9. The Hall–Kier alpha value is -1.11. The maximum atomic E-state index is 13.2. The molecule has 0 aliphatic carbocycles. The van der Waals surface area contributed by atoms with Crippen LogP contribution in [-0.2, 0) is 23.9 Å². The van der Waals surface area contributed by atoms with Crippen molar-refractivity contribution in [1.82, 2.24) is 0 Å². The molecule has 0 aromatic heterocycles. The van der Waals surface area contributed by atoms with Crippen molar-refractivity contribution in [1.29, 1.82) is 0 Å². The lowest BCUT2D eigenvalue weighted by Gasteiger charge is -2.15. The van der Waals surface area contributed by atoms with Crippen LogP contribution in [0.2, 0.25) is 0 Å². The van der Waals surface area contributed by atoms with E-state index in [0.717, 1.165) is 0 Å². The normalized spacial score (nSPS) is 10.9. The second-order valence-electron chi connectivity index (χ2n) is 5.57. The number of carboxylic acids is 1. The van der Waals surface area contributed by atoms with Gasteiger partial charge in [0.25, 0.3) is 0 Å². The number of hydrogen-bond acceptors (Lipinski definition) is 7. The molecule has 13 heteroatoms. The van der Waals surface area contributed by atoms with E-state index in [1.807, 2.05) is 45.2 Å². The van der Waals surface area contributed by atoms with Crippen LogP contribution in [0.5, 0.6) is 5.75 Å². The molecule has 0 spiro atoms. The SMILES string of the molecule is C=C(C)C(=O)OCCOC(=O)c1c(I)c(I)cc(OC(=O)CC(F)(F)C(=O)O)c1I. The molecule has 0 aliphatic rings. The fraction of sp³-hybridized carbons (Fsp3) is 0.294. The van der Waals surface area contributed by atoms with Crippen LogP contribution in [0.3, 0.4) is 0 Å². The number of halogens is 5. The van der Waals surface area contributed by atoms with Crippen molar-refractivity contribution in [3.63, 3.8) is 0 Å². The average molecular weight is 764 g/mol. The van der Waals surface area contributed by atoms with Crippen molar-refractivity contribution in [2.45, 2.75) is 19.3 Å². The van der Waals surface area contributed by atoms with Gasteiger partial charge in [-0.1, -0.05) is 6.58 Å². The van der Waals surface area contributed by atoms with Crippen LogP contribution in [0.25, 0.3) is 0 Å². The van der Waals surface area contributed by atoms with Gasteiger partial charge in [-0.2, -0.15) is 8.78 Å². The molecule has 0 radical (unpaired) electrons. The summed E-state index contributed by atoms with van der Waals surface area (Å²) in [5, 5.41) is 8.42. The lowest BCUT2D eigenvalue weighted by molar-refractivity contribution is -0.170. The molecule has 0 fully saturated rings. The fourth-order valence-corrected chi connectivity index (χ4v) is 4.18. The van der Waals surface area contributed by atoms with E-state index in [4.69, 9.17) is 19.3 Å². The molecule has 164 valence electrons. The first-order valence-corrected chi connectivity index (χ1v) is 11.0. The van der Waals surface area contributed by atoms with Crippen molar-refractivity contribution in [2.24, 2.45) is 0 Å². The molecular formula is C17H13F2I3O8. The molecule has 0 aliphatic heterocycles. The van der Waals surface area contributed by atoms with Crippen LogP contribution in [0, 0.1) is 10.7 Å². The number of ether oxygens (including phenoxy) is 3. The lowest BCUT2D eigenvalue weighted by atomic mass is 10.2. The molecule has 0 saturated carbocycles. The van der Waals surface area contributed by atoms with Gasteiger partial charge in [0, 0.05) is 12.7 Å². The maximum Gasteiger partial charge on any atom is 0.375 e. The topological polar surface area (TPSA) is 116 Å². The summed E-state index contributed by atoms with van der Waals surface area (Å²) < 4.78 is 42.2. The summed E-state index contributed by atoms with van der Waals surface area (Å²) in [4.78, 5) is 45.9. The van der Waals surface area contributed by atoms with Gasteiger partial charge in [0.05, 0.1) is 9.13 Å². The number of hydrogen-bond donors (Lipinski definition) is 1. The van der Waals surface area contributed by atoms with Crippen LogP contribution >= 0.6 is 67.8 Å². The van der Waals surface area contributed by atoms with Crippen LogP contribution in [-0.4, -0.2) is 48.1 Å². The molecule has 0 saturated heterocycles. The third-order valence-electron chi connectivity index (χ3n) is 3.13. The van der Waals surface area contributed by atoms with Crippen molar-refractivity contribution in [3.05, 3.63) is 34.5 Å². The van der Waals surface area contributed by atoms with Gasteiger partial charge in [0.15, 0.2) is 0 Å². The molecule has 1 aromatic carbocycles. The van der Waals surface area contributed by atoms with Crippen molar-refractivity contribution < 1.29 is 47.3 Å². The number of benzene rings is 1. The summed E-state index contributed by atoms with van der Waals surface area (Å²) in [5.41, 5.74) is 0.199. The van der Waals surface area contributed by atoms with Gasteiger partial charge in [-0.05, 0) is 80.8 Å². The Bertz CT molecular complexity index is 901. The van der Waals surface area contributed by atoms with E-state index in [1.165, 1.54) is 13.0 Å². The Labute approximate surface area is 210 Å². The first-order chi connectivity index (χ1) is 13.8. The highest BCUT2D eigenvalue weighted by Crippen LogP contribution is 2.33. The summed E-state index contributed by atoms with van der Waals surface area (Å²) in [6.45, 7) is 4.40. The average Bonchev–Trinajstić information content (AvgIpc) is 2.62. The van der Waals surface area contributed by atoms with E-state index in [0.29, 0.717) is 7.14 Å². The second-order valence-corrected chi connectivity index (χ2v) is 8.89. The van der Waals surface area contributed by atoms with Gasteiger partial charge in [-0.3, -0.25) is 4.79 Å². The van der Waals surface area contributed by atoms with Crippen molar-refractivity contribution in [3.8, 4) is 5.75 Å². The predicted molar refractivity (Wildman–Crippen MR) is 123 cm³/mol. The number of esters is 3. The minimum Gasteiger partial charge on any atom is -0.477 e. The first-order valence-electron chi connectivity index (χ1n) is 7.77. The van der Waals surface area contributed by atoms with E-state index < -0.39 is 36.2 Å². The summed E-state index contributed by atoms with van der Waals surface area (Å²) in [7, 11) is 0. The molecule has 1 rings (SSSR count). The zero-order chi connectivity index (χ0) is 23.2. The predicted octanol–water partition coefficient (Wildman–Crippen LogP) is 3.79. The molecule has 0 unspecified atom stereocenters. The Morgan fingerprint density at radius 2 is 1.67 bits per heavy atom. The third kappa shape index (κ3) is 7.54. The maximum absolute atomic E-state index is 13.2. The van der Waals surface area contributed by atoms with Crippen molar-refractivity contribution >= 4 is 91.6 Å². The summed E-state index contributed by atoms with van der Waals surface area (Å²) in [6, 6.07) is 1.34. The van der Waals surface area contributed by atoms with E-state index in [2.05, 4.69) is 6.58 Å². The third-order valence-corrected chi connectivity index (χ3v) is 7.20. The molecule has 1 N–H and O–H groups in total. The lowest BCUT2D eigenvalue weighted by Crippen LogP contribution is -2.32. The standard InChI is InChI=1S/C17H13F2I3O8/c1-7(2)14(24)28-3-4-29-15(25)11-12(21)8(20)5-9(13(11)22)30-10(23)6-17(18,19)16(26)27/h5H,1,3-4,6H2,2H3,(H,26,27). The number of carboxylic acid groups (broad SMARTS) is 1. The molecular weight excluding hydrogens is 751 g/mol. The number of aliphatic carboxylic acids is 1. The molecule has 8 nitrogen and oxygen atoms in total. The number of alkyl halides is 2. The largest absolute Gasteiger partial charge is 0.477 e. The van der Waals surface area contributed by atoms with Crippen LogP contribution in [0.1, 0.15) is 23.7 Å². The monoisotopic (exact) mass is 764 g/mol. The van der Waals surface area contributed by atoms with Gasteiger partial charge >= 0.3 is 29.8 Å². The van der Waals surface area contributed by atoms with E-state index in [-0.39, 0.29) is 33.7 Å². The second kappa shape index (κ2) is 11.5. The highest BCUT2D eigenvalue weighted by molar-refractivity contribution is 14.1. The van der Waals surface area contributed by atoms with Gasteiger partial charge in [-0.15, -0.1) is 0 Å². The fourth-order valence-electron chi connectivity index (χ4n) is 1.71. The van der Waals surface area contributed by atoms with Gasteiger partial charge < -0.3 is 19.3 Å². The van der Waals surface area contributed by atoms with Crippen LogP contribution < -0.4 is 4.74 Å². The quantitative estimate of drug-likeness (QED) is 0.101. The molecule has 0 amide bonds. The highest BCUT2D eigenvalue weighted by atomic mass is 127. The zero-order valence-electron chi connectivity index (χ0n) is 15.1. The molecule has 30 heavy (non-hydrogen) atoms. The van der Waals surface area contributed by atoms with E-state index in [9.17, 15) is 28.0 Å². The molecule has 1 aromatic rings. The van der Waals surface area contributed by atoms with Crippen molar-refractivity contribution in [2.75, 3.05) is 13.2 Å². The molecule has 0 heterocycles. The van der Waals surface area contributed by atoms with Crippen LogP contribution in [0.15, 0.2) is 18.2 Å². The zero-order valence-corrected chi connectivity index (χ0v) is 21.6. The summed E-state index contributed by atoms with van der Waals surface area (Å²) in [6.07, 6.45) is -1.67. The van der Waals surface area contributed by atoms with Gasteiger partial charge in [0.1, 0.15) is 25.4 Å². The first kappa shape index (κ1) is 26.9. The minimum atomic E-state index is -4.29. The molecule has 0 atom stereocenters. The highest BCUT2D eigenvalue weighted by Gasteiger charge is 2.42. The molecule has 0 bridgehead atoms. The van der Waals surface area contributed by atoms with Crippen LogP contribution in [0.4, 0.5) is 8.78 Å². The summed E-state index contributed by atoms with van der Waals surface area (Å²) >= 11 is 5.38. The van der Waals surface area contributed by atoms with Gasteiger partial charge in [-0.25, -0.2) is 14.4 Å².